The Labute approximate surface area is 169 Å². The number of ether oxygens (including phenoxy) is 1. The zero-order chi connectivity index (χ0) is 20.4. The molecule has 2 aliphatic rings. The predicted molar refractivity (Wildman–Crippen MR) is 104 cm³/mol. The molecule has 2 atom stereocenters. The van der Waals surface area contributed by atoms with Gasteiger partial charge in [0.25, 0.3) is 0 Å². The molecular weight excluding hydrogens is 376 g/mol. The third-order valence-electron chi connectivity index (χ3n) is 6.03. The molecule has 2 heterocycles. The minimum Gasteiger partial charge on any atom is -0.445 e. The second kappa shape index (κ2) is 8.11. The summed E-state index contributed by atoms with van der Waals surface area (Å²) >= 11 is 0. The van der Waals surface area contributed by atoms with Gasteiger partial charge < -0.3 is 14.7 Å². The molecule has 4 rings (SSSR count). The summed E-state index contributed by atoms with van der Waals surface area (Å²) in [6, 6.07) is 13.0. The molecule has 6 heteroatoms. The second-order valence-electron chi connectivity index (χ2n) is 8.24. The van der Waals surface area contributed by atoms with Crippen molar-refractivity contribution in [2.75, 3.05) is 0 Å². The first kappa shape index (κ1) is 19.8. The van der Waals surface area contributed by atoms with Crippen LogP contribution in [-0.2, 0) is 17.8 Å². The highest BCUT2D eigenvalue weighted by Gasteiger charge is 2.47. The molecule has 1 amide bonds. The highest BCUT2D eigenvalue weighted by molar-refractivity contribution is 5.69. The zero-order valence-electron chi connectivity index (χ0n) is 16.2. The number of aliphatic hydroxyl groups is 1. The van der Waals surface area contributed by atoms with Crippen LogP contribution in [0.2, 0.25) is 0 Å². The molecule has 2 fully saturated rings. The minimum absolute atomic E-state index is 0.110. The third kappa shape index (κ3) is 4.42. The van der Waals surface area contributed by atoms with Gasteiger partial charge in [0.05, 0.1) is 5.60 Å². The Morgan fingerprint density at radius 2 is 1.72 bits per heavy atom. The van der Waals surface area contributed by atoms with Gasteiger partial charge in [0, 0.05) is 18.5 Å². The first-order valence-electron chi connectivity index (χ1n) is 10.1. The fraction of sp³-hybridized carbons (Fsp3) is 0.435. The molecule has 2 aromatic rings. The molecule has 4 nitrogen and oxygen atoms in total. The summed E-state index contributed by atoms with van der Waals surface area (Å²) < 4.78 is 32.3. The molecule has 2 aliphatic heterocycles. The number of piperidine rings is 2. The Balaban J connectivity index is 1.44. The van der Waals surface area contributed by atoms with E-state index in [0.717, 1.165) is 37.0 Å². The van der Waals surface area contributed by atoms with Crippen LogP contribution in [-0.4, -0.2) is 33.8 Å². The normalized spacial score (nSPS) is 26.2. The summed E-state index contributed by atoms with van der Waals surface area (Å²) in [5.41, 5.74) is 0.443. The van der Waals surface area contributed by atoms with E-state index in [1.807, 2.05) is 30.3 Å². The highest BCUT2D eigenvalue weighted by Crippen LogP contribution is 2.41. The van der Waals surface area contributed by atoms with Crippen LogP contribution in [0, 0.1) is 11.6 Å². The summed E-state index contributed by atoms with van der Waals surface area (Å²) in [5, 5.41) is 11.2. The fourth-order valence-electron chi connectivity index (χ4n) is 4.79. The van der Waals surface area contributed by atoms with Gasteiger partial charge in [0.15, 0.2) is 11.6 Å². The van der Waals surface area contributed by atoms with Crippen LogP contribution in [0.4, 0.5) is 13.6 Å². The molecule has 0 spiro atoms. The van der Waals surface area contributed by atoms with Crippen LogP contribution in [0.5, 0.6) is 0 Å². The van der Waals surface area contributed by atoms with Gasteiger partial charge in [-0.25, -0.2) is 13.6 Å². The molecule has 0 aromatic heterocycles. The van der Waals surface area contributed by atoms with E-state index in [2.05, 4.69) is 0 Å². The predicted octanol–water partition coefficient (Wildman–Crippen LogP) is 4.59. The minimum atomic E-state index is -1.05. The second-order valence-corrected chi connectivity index (χ2v) is 8.24. The van der Waals surface area contributed by atoms with Gasteiger partial charge in [-0.2, -0.15) is 0 Å². The summed E-state index contributed by atoms with van der Waals surface area (Å²) in [5.74, 6) is -1.80. The van der Waals surface area contributed by atoms with Crippen molar-refractivity contribution in [2.24, 2.45) is 0 Å². The summed E-state index contributed by atoms with van der Waals surface area (Å²) in [7, 11) is 0. The van der Waals surface area contributed by atoms with Crippen LogP contribution >= 0.6 is 0 Å². The van der Waals surface area contributed by atoms with Crippen molar-refractivity contribution in [3.63, 3.8) is 0 Å². The van der Waals surface area contributed by atoms with E-state index in [0.29, 0.717) is 18.4 Å². The molecule has 0 aliphatic carbocycles. The molecule has 29 heavy (non-hydrogen) atoms. The topological polar surface area (TPSA) is 49.8 Å². The first-order valence-corrected chi connectivity index (χ1v) is 10.1. The van der Waals surface area contributed by atoms with Gasteiger partial charge in [-0.15, -0.1) is 0 Å². The highest BCUT2D eigenvalue weighted by atomic mass is 19.2. The van der Waals surface area contributed by atoms with Crippen LogP contribution in [0.15, 0.2) is 48.5 Å². The average Bonchev–Trinajstić information content (AvgIpc) is 2.69. The standard InChI is InChI=1S/C23H25F2NO3/c24-20-10-9-17(11-21(20)25)12-23(28)13-18-7-4-8-19(14-23)26(18)22(27)29-15-16-5-2-1-3-6-16/h1-3,5-6,9-11,18-19,28H,4,7-8,12-15H2. The van der Waals surface area contributed by atoms with Gasteiger partial charge in [0.1, 0.15) is 6.61 Å². The molecule has 154 valence electrons. The Hall–Kier alpha value is -2.47. The number of carbonyl (C=O) groups is 1. The van der Waals surface area contributed by atoms with Gasteiger partial charge in [-0.1, -0.05) is 36.4 Å². The van der Waals surface area contributed by atoms with Gasteiger partial charge in [0.2, 0.25) is 0 Å². The van der Waals surface area contributed by atoms with Gasteiger partial charge in [-0.3, -0.25) is 0 Å². The molecule has 2 bridgehead atoms. The van der Waals surface area contributed by atoms with Crippen LogP contribution in [0.3, 0.4) is 0 Å². The lowest BCUT2D eigenvalue weighted by atomic mass is 9.73. The Morgan fingerprint density at radius 1 is 1.03 bits per heavy atom. The summed E-state index contributed by atoms with van der Waals surface area (Å²) in [4.78, 5) is 14.6. The van der Waals surface area contributed by atoms with Crippen molar-refractivity contribution in [2.45, 2.75) is 62.8 Å². The summed E-state index contributed by atoms with van der Waals surface area (Å²) in [6.07, 6.45) is 3.31. The van der Waals surface area contributed by atoms with Crippen molar-refractivity contribution in [3.8, 4) is 0 Å². The Kier molecular flexibility index (Phi) is 5.54. The van der Waals surface area contributed by atoms with Gasteiger partial charge in [-0.05, 0) is 55.4 Å². The molecule has 0 saturated carbocycles. The number of rotatable bonds is 4. The van der Waals surface area contributed by atoms with E-state index >= 15 is 0 Å². The maximum atomic E-state index is 13.6. The Morgan fingerprint density at radius 3 is 2.38 bits per heavy atom. The average molecular weight is 401 g/mol. The molecule has 2 aromatic carbocycles. The van der Waals surface area contributed by atoms with Crippen LogP contribution < -0.4 is 0 Å². The number of halogens is 2. The largest absolute Gasteiger partial charge is 0.445 e. The van der Waals surface area contributed by atoms with Crippen molar-refractivity contribution < 1.29 is 23.4 Å². The lowest BCUT2D eigenvalue weighted by Gasteiger charge is -2.51. The van der Waals surface area contributed by atoms with E-state index in [1.54, 1.807) is 4.90 Å². The zero-order valence-corrected chi connectivity index (χ0v) is 16.2. The Bertz CT molecular complexity index is 860. The number of carbonyl (C=O) groups excluding carboxylic acids is 1. The number of benzene rings is 2. The van der Waals surface area contributed by atoms with Crippen LogP contribution in [0.25, 0.3) is 0 Å². The van der Waals surface area contributed by atoms with E-state index < -0.39 is 17.2 Å². The number of hydrogen-bond donors (Lipinski definition) is 1. The smallest absolute Gasteiger partial charge is 0.410 e. The molecular formula is C23H25F2NO3. The fourth-order valence-corrected chi connectivity index (χ4v) is 4.79. The number of fused-ring (bicyclic) bond motifs is 2. The van der Waals surface area contributed by atoms with Crippen LogP contribution in [0.1, 0.15) is 43.2 Å². The van der Waals surface area contributed by atoms with Crippen molar-refractivity contribution in [1.82, 2.24) is 4.90 Å². The monoisotopic (exact) mass is 401 g/mol. The third-order valence-corrected chi connectivity index (χ3v) is 6.03. The van der Waals surface area contributed by atoms with E-state index in [9.17, 15) is 18.7 Å². The van der Waals surface area contributed by atoms with Crippen molar-refractivity contribution >= 4 is 6.09 Å². The lowest BCUT2D eigenvalue weighted by Crippen LogP contribution is -2.60. The number of hydrogen-bond acceptors (Lipinski definition) is 3. The number of nitrogens with zero attached hydrogens (tertiary/aromatic N) is 1. The van der Waals surface area contributed by atoms with E-state index in [4.69, 9.17) is 4.74 Å². The molecule has 2 unspecified atom stereocenters. The van der Waals surface area contributed by atoms with E-state index in [1.165, 1.54) is 6.07 Å². The first-order chi connectivity index (χ1) is 13.9. The van der Waals surface area contributed by atoms with Crippen molar-refractivity contribution in [3.05, 3.63) is 71.3 Å². The lowest BCUT2D eigenvalue weighted by molar-refractivity contribution is -0.0846. The maximum Gasteiger partial charge on any atom is 0.410 e. The van der Waals surface area contributed by atoms with Crippen molar-refractivity contribution in [1.29, 1.82) is 0 Å². The molecule has 0 radical (unpaired) electrons. The SMILES string of the molecule is O=C(OCc1ccccc1)N1C2CCCC1CC(O)(Cc1ccc(F)c(F)c1)C2. The van der Waals surface area contributed by atoms with E-state index in [-0.39, 0.29) is 31.2 Å². The quantitative estimate of drug-likeness (QED) is 0.815. The number of amides is 1. The maximum absolute atomic E-state index is 13.6. The summed E-state index contributed by atoms with van der Waals surface area (Å²) in [6.45, 7) is 0.217. The molecule has 1 N–H and O–H groups in total. The molecule has 2 saturated heterocycles. The van der Waals surface area contributed by atoms with Gasteiger partial charge >= 0.3 is 6.09 Å².